The van der Waals surface area contributed by atoms with E-state index in [-0.39, 0.29) is 0 Å². The van der Waals surface area contributed by atoms with Crippen LogP contribution in [0, 0.1) is 0 Å². The van der Waals surface area contributed by atoms with Crippen LogP contribution in [0.5, 0.6) is 0 Å². The van der Waals surface area contributed by atoms with Gasteiger partial charge in [-0.3, -0.25) is 9.97 Å². The average molecular weight is 404 g/mol. The fourth-order valence-corrected chi connectivity index (χ4v) is 3.97. The summed E-state index contributed by atoms with van der Waals surface area (Å²) in [6.45, 7) is 7.04. The van der Waals surface area contributed by atoms with Crippen LogP contribution < -0.4 is 19.6 Å². The quantitative estimate of drug-likeness (QED) is 0.619. The third-order valence-corrected chi connectivity index (χ3v) is 5.57. The number of rotatable bonds is 4. The highest BCUT2D eigenvalue weighted by Gasteiger charge is 2.26. The second-order valence-corrected chi connectivity index (χ2v) is 7.28. The van der Waals surface area contributed by atoms with Crippen LogP contribution in [0.1, 0.15) is 0 Å². The van der Waals surface area contributed by atoms with Gasteiger partial charge in [0.2, 0.25) is 0 Å². The first-order chi connectivity index (χ1) is 14.9. The van der Waals surface area contributed by atoms with Gasteiger partial charge in [0.15, 0.2) is 11.6 Å². The molecule has 30 heavy (non-hydrogen) atoms. The third kappa shape index (κ3) is 3.80. The van der Waals surface area contributed by atoms with Crippen molar-refractivity contribution in [3.8, 4) is 0 Å². The minimum absolute atomic E-state index is 0.877. The number of piperazine rings is 2. The molecular formula is C20H24N10. The minimum atomic E-state index is 0.877. The molecule has 0 aromatic carbocycles. The molecule has 2 aliphatic rings. The van der Waals surface area contributed by atoms with Gasteiger partial charge in [0.25, 0.3) is 0 Å². The van der Waals surface area contributed by atoms with Crippen molar-refractivity contribution in [1.29, 1.82) is 0 Å². The van der Waals surface area contributed by atoms with Crippen molar-refractivity contribution in [2.75, 3.05) is 72.0 Å². The van der Waals surface area contributed by atoms with E-state index in [1.165, 1.54) is 0 Å². The lowest BCUT2D eigenvalue weighted by atomic mass is 10.2. The van der Waals surface area contributed by atoms with E-state index in [1.54, 1.807) is 37.2 Å². The van der Waals surface area contributed by atoms with Crippen LogP contribution in [0.3, 0.4) is 0 Å². The molecular weight excluding hydrogens is 380 g/mol. The van der Waals surface area contributed by atoms with E-state index in [0.29, 0.717) is 0 Å². The second kappa shape index (κ2) is 8.44. The van der Waals surface area contributed by atoms with Crippen LogP contribution in [0.15, 0.2) is 49.6 Å². The fourth-order valence-electron chi connectivity index (χ4n) is 3.97. The zero-order valence-electron chi connectivity index (χ0n) is 16.7. The molecule has 2 aliphatic heterocycles. The first-order valence-corrected chi connectivity index (χ1v) is 10.2. The van der Waals surface area contributed by atoms with Crippen LogP contribution in [-0.2, 0) is 0 Å². The molecule has 0 amide bonds. The summed E-state index contributed by atoms with van der Waals surface area (Å²) in [6, 6.07) is 0. The van der Waals surface area contributed by atoms with Crippen molar-refractivity contribution in [3.63, 3.8) is 0 Å². The molecule has 0 radical (unpaired) electrons. The molecule has 3 aromatic rings. The second-order valence-electron chi connectivity index (χ2n) is 7.28. The number of hydrogen-bond donors (Lipinski definition) is 0. The summed E-state index contributed by atoms with van der Waals surface area (Å²) >= 11 is 0. The topological polar surface area (TPSA) is 90.3 Å². The Morgan fingerprint density at radius 1 is 0.433 bits per heavy atom. The van der Waals surface area contributed by atoms with Crippen molar-refractivity contribution in [2.24, 2.45) is 0 Å². The van der Waals surface area contributed by atoms with Gasteiger partial charge >= 0.3 is 0 Å². The molecule has 2 saturated heterocycles. The smallest absolute Gasteiger partial charge is 0.172 e. The monoisotopic (exact) mass is 404 g/mol. The van der Waals surface area contributed by atoms with Crippen LogP contribution in [-0.4, -0.2) is 82.3 Å². The van der Waals surface area contributed by atoms with E-state index in [9.17, 15) is 0 Å². The Morgan fingerprint density at radius 2 is 0.800 bits per heavy atom. The van der Waals surface area contributed by atoms with Crippen LogP contribution in [0.4, 0.5) is 23.3 Å². The summed E-state index contributed by atoms with van der Waals surface area (Å²) in [5.74, 6) is 3.78. The highest BCUT2D eigenvalue weighted by molar-refractivity contribution is 5.63. The van der Waals surface area contributed by atoms with Crippen molar-refractivity contribution in [1.82, 2.24) is 29.9 Å². The van der Waals surface area contributed by atoms with Crippen molar-refractivity contribution in [2.45, 2.75) is 0 Å². The summed E-state index contributed by atoms with van der Waals surface area (Å²) in [6.07, 6.45) is 14.1. The van der Waals surface area contributed by atoms with E-state index >= 15 is 0 Å². The predicted octanol–water partition coefficient (Wildman–Crippen LogP) is 0.710. The minimum Gasteiger partial charge on any atom is -0.352 e. The molecule has 0 aliphatic carbocycles. The van der Waals surface area contributed by atoms with Gasteiger partial charge in [0.05, 0.1) is 12.4 Å². The molecule has 5 rings (SSSR count). The third-order valence-electron chi connectivity index (χ3n) is 5.57. The maximum atomic E-state index is 4.69. The maximum Gasteiger partial charge on any atom is 0.172 e. The van der Waals surface area contributed by atoms with Gasteiger partial charge in [-0.1, -0.05) is 0 Å². The lowest BCUT2D eigenvalue weighted by Gasteiger charge is -2.39. The molecule has 0 atom stereocenters. The lowest BCUT2D eigenvalue weighted by Crippen LogP contribution is -2.49. The SMILES string of the molecule is c1cnc(N2CCN(c3nccnc3N3CCN(c4cnccn4)CC3)CC2)cn1. The van der Waals surface area contributed by atoms with E-state index in [2.05, 4.69) is 39.5 Å². The molecule has 5 heterocycles. The Balaban J connectivity index is 1.25. The van der Waals surface area contributed by atoms with Gasteiger partial charge in [-0.15, -0.1) is 0 Å². The normalized spacial score (nSPS) is 17.3. The molecule has 0 spiro atoms. The molecule has 0 N–H and O–H groups in total. The summed E-state index contributed by atoms with van der Waals surface area (Å²) < 4.78 is 0. The number of hydrogen-bond acceptors (Lipinski definition) is 10. The Hall–Kier alpha value is -3.56. The summed E-state index contributed by atoms with van der Waals surface area (Å²) in [5, 5.41) is 0. The molecule has 0 saturated carbocycles. The molecule has 0 bridgehead atoms. The van der Waals surface area contributed by atoms with Gasteiger partial charge in [0, 0.05) is 89.5 Å². The standard InChI is InChI=1S/C20H24N10/c1-3-23-17(15-21-1)27-7-11-29(12-8-27)19-20(26-6-5-25-19)30-13-9-28(10-14-30)18-16-22-2-4-24-18/h1-6,15-16H,7-14H2. The molecule has 2 fully saturated rings. The Labute approximate surface area is 175 Å². The summed E-state index contributed by atoms with van der Waals surface area (Å²) in [7, 11) is 0. The van der Waals surface area contributed by atoms with E-state index in [0.717, 1.165) is 75.6 Å². The Bertz CT molecular complexity index is 860. The first-order valence-electron chi connectivity index (χ1n) is 10.2. The Morgan fingerprint density at radius 3 is 1.17 bits per heavy atom. The Kier molecular flexibility index (Phi) is 5.19. The van der Waals surface area contributed by atoms with Crippen LogP contribution >= 0.6 is 0 Å². The van der Waals surface area contributed by atoms with Crippen molar-refractivity contribution >= 4 is 23.3 Å². The first kappa shape index (κ1) is 18.5. The van der Waals surface area contributed by atoms with Crippen molar-refractivity contribution < 1.29 is 0 Å². The summed E-state index contributed by atoms with van der Waals surface area (Å²) in [5.41, 5.74) is 0. The molecule has 10 heteroatoms. The van der Waals surface area contributed by atoms with Gasteiger partial charge < -0.3 is 19.6 Å². The lowest BCUT2D eigenvalue weighted by molar-refractivity contribution is 0.622. The van der Waals surface area contributed by atoms with E-state index < -0.39 is 0 Å². The molecule has 154 valence electrons. The van der Waals surface area contributed by atoms with Gasteiger partial charge in [-0.25, -0.2) is 19.9 Å². The largest absolute Gasteiger partial charge is 0.352 e. The highest BCUT2D eigenvalue weighted by atomic mass is 15.4. The predicted molar refractivity (Wildman–Crippen MR) is 115 cm³/mol. The molecule has 3 aromatic heterocycles. The molecule has 10 nitrogen and oxygen atoms in total. The highest BCUT2D eigenvalue weighted by Crippen LogP contribution is 2.27. The zero-order valence-corrected chi connectivity index (χ0v) is 16.7. The zero-order chi connectivity index (χ0) is 20.2. The van der Waals surface area contributed by atoms with Gasteiger partial charge in [0.1, 0.15) is 11.6 Å². The molecule has 0 unspecified atom stereocenters. The van der Waals surface area contributed by atoms with Crippen LogP contribution in [0.25, 0.3) is 0 Å². The van der Waals surface area contributed by atoms with E-state index in [4.69, 9.17) is 9.97 Å². The number of aromatic nitrogens is 6. The van der Waals surface area contributed by atoms with Gasteiger partial charge in [-0.2, -0.15) is 0 Å². The maximum absolute atomic E-state index is 4.69. The number of nitrogens with zero attached hydrogens (tertiary/aromatic N) is 10. The van der Waals surface area contributed by atoms with Crippen LogP contribution in [0.2, 0.25) is 0 Å². The average Bonchev–Trinajstić information content (AvgIpc) is 2.85. The summed E-state index contributed by atoms with van der Waals surface area (Å²) in [4.78, 5) is 35.8. The number of anilines is 4. The van der Waals surface area contributed by atoms with E-state index in [1.807, 2.05) is 12.4 Å². The van der Waals surface area contributed by atoms with Crippen molar-refractivity contribution in [3.05, 3.63) is 49.6 Å². The fraction of sp³-hybridized carbons (Fsp3) is 0.400. The van der Waals surface area contributed by atoms with Gasteiger partial charge in [-0.05, 0) is 0 Å².